The molecule has 0 aliphatic carbocycles. The molecular formula is C13H12F3N3O. The first-order valence-electron chi connectivity index (χ1n) is 5.81. The third-order valence-corrected chi connectivity index (χ3v) is 2.71. The normalized spacial score (nSPS) is 11.4. The van der Waals surface area contributed by atoms with Crippen LogP contribution in [-0.2, 0) is 19.8 Å². The molecule has 0 aliphatic heterocycles. The van der Waals surface area contributed by atoms with Crippen LogP contribution < -0.4 is 5.32 Å². The summed E-state index contributed by atoms with van der Waals surface area (Å²) in [6, 6.07) is 6.62. The van der Waals surface area contributed by atoms with Crippen molar-refractivity contribution in [2.24, 2.45) is 7.05 Å². The van der Waals surface area contributed by atoms with E-state index in [0.717, 1.165) is 6.07 Å². The van der Waals surface area contributed by atoms with Crippen molar-refractivity contribution in [3.63, 3.8) is 0 Å². The monoisotopic (exact) mass is 283 g/mol. The van der Waals surface area contributed by atoms with Crippen molar-refractivity contribution >= 4 is 5.91 Å². The lowest BCUT2D eigenvalue weighted by Gasteiger charge is -2.12. The summed E-state index contributed by atoms with van der Waals surface area (Å²) in [5.41, 5.74) is -0.567. The van der Waals surface area contributed by atoms with Crippen LogP contribution in [-0.4, -0.2) is 15.7 Å². The highest BCUT2D eigenvalue weighted by Crippen LogP contribution is 2.31. The van der Waals surface area contributed by atoms with Crippen molar-refractivity contribution in [3.8, 4) is 0 Å². The van der Waals surface area contributed by atoms with Crippen LogP contribution in [0.5, 0.6) is 0 Å². The molecule has 0 spiro atoms. The van der Waals surface area contributed by atoms with Crippen molar-refractivity contribution in [1.82, 2.24) is 15.1 Å². The third kappa shape index (κ3) is 3.17. The predicted molar refractivity (Wildman–Crippen MR) is 65.8 cm³/mol. The topological polar surface area (TPSA) is 46.9 Å². The van der Waals surface area contributed by atoms with Crippen LogP contribution in [0.4, 0.5) is 13.2 Å². The lowest BCUT2D eigenvalue weighted by Crippen LogP contribution is -2.25. The lowest BCUT2D eigenvalue weighted by atomic mass is 10.1. The second-order valence-corrected chi connectivity index (χ2v) is 4.21. The first-order chi connectivity index (χ1) is 9.38. The Hall–Kier alpha value is -2.31. The Labute approximate surface area is 113 Å². The molecule has 2 rings (SSSR count). The second kappa shape index (κ2) is 5.36. The molecule has 20 heavy (non-hydrogen) atoms. The number of benzene rings is 1. The molecule has 2 aromatic rings. The first-order valence-corrected chi connectivity index (χ1v) is 5.81. The molecule has 0 aliphatic rings. The SMILES string of the molecule is Cn1ccc(C(=O)NCc2ccccc2C(F)(F)F)n1. The van der Waals surface area contributed by atoms with E-state index in [1.165, 1.54) is 28.9 Å². The van der Waals surface area contributed by atoms with Gasteiger partial charge in [-0.15, -0.1) is 0 Å². The number of rotatable bonds is 3. The van der Waals surface area contributed by atoms with Gasteiger partial charge in [0.15, 0.2) is 0 Å². The molecule has 4 nitrogen and oxygen atoms in total. The highest BCUT2D eigenvalue weighted by atomic mass is 19.4. The standard InChI is InChI=1S/C13H12F3N3O/c1-19-7-6-11(18-19)12(20)17-8-9-4-2-3-5-10(9)13(14,15)16/h2-7H,8H2,1H3,(H,17,20). The first kappa shape index (κ1) is 14.1. The Morgan fingerprint density at radius 1 is 1.30 bits per heavy atom. The van der Waals surface area contributed by atoms with E-state index in [2.05, 4.69) is 10.4 Å². The van der Waals surface area contributed by atoms with E-state index >= 15 is 0 Å². The maximum atomic E-state index is 12.8. The van der Waals surface area contributed by atoms with Gasteiger partial charge in [-0.2, -0.15) is 18.3 Å². The van der Waals surface area contributed by atoms with E-state index in [-0.39, 0.29) is 17.8 Å². The number of carbonyl (C=O) groups is 1. The number of halogens is 3. The Bertz CT molecular complexity index is 619. The van der Waals surface area contributed by atoms with Crippen LogP contribution in [0.1, 0.15) is 21.6 Å². The van der Waals surface area contributed by atoms with Crippen molar-refractivity contribution < 1.29 is 18.0 Å². The van der Waals surface area contributed by atoms with E-state index in [9.17, 15) is 18.0 Å². The zero-order valence-corrected chi connectivity index (χ0v) is 10.6. The molecule has 0 atom stereocenters. The van der Waals surface area contributed by atoms with E-state index in [4.69, 9.17) is 0 Å². The quantitative estimate of drug-likeness (QED) is 0.940. The molecule has 1 heterocycles. The fourth-order valence-corrected chi connectivity index (χ4v) is 1.75. The fourth-order valence-electron chi connectivity index (χ4n) is 1.75. The molecule has 106 valence electrons. The van der Waals surface area contributed by atoms with Crippen molar-refractivity contribution in [2.75, 3.05) is 0 Å². The number of carbonyl (C=O) groups excluding carboxylic acids is 1. The molecule has 0 saturated carbocycles. The third-order valence-electron chi connectivity index (χ3n) is 2.71. The smallest absolute Gasteiger partial charge is 0.347 e. The average molecular weight is 283 g/mol. The number of hydrogen-bond acceptors (Lipinski definition) is 2. The van der Waals surface area contributed by atoms with Gasteiger partial charge in [0.2, 0.25) is 0 Å². The van der Waals surface area contributed by atoms with Gasteiger partial charge in [-0.05, 0) is 17.7 Å². The van der Waals surface area contributed by atoms with Gasteiger partial charge in [-0.25, -0.2) is 0 Å². The number of nitrogens with one attached hydrogen (secondary N) is 1. The van der Waals surface area contributed by atoms with Gasteiger partial charge in [0.05, 0.1) is 5.56 Å². The van der Waals surface area contributed by atoms with Gasteiger partial charge in [0.1, 0.15) is 5.69 Å². The molecule has 0 saturated heterocycles. The maximum Gasteiger partial charge on any atom is 0.416 e. The Morgan fingerprint density at radius 3 is 2.60 bits per heavy atom. The van der Waals surface area contributed by atoms with Gasteiger partial charge >= 0.3 is 6.18 Å². The van der Waals surface area contributed by atoms with Crippen LogP contribution in [0.3, 0.4) is 0 Å². The summed E-state index contributed by atoms with van der Waals surface area (Å²) >= 11 is 0. The van der Waals surface area contributed by atoms with E-state index < -0.39 is 17.6 Å². The average Bonchev–Trinajstić information content (AvgIpc) is 2.82. The molecule has 7 heteroatoms. The summed E-state index contributed by atoms with van der Waals surface area (Å²) < 4.78 is 39.8. The van der Waals surface area contributed by atoms with Crippen LogP contribution in [0.15, 0.2) is 36.5 Å². The fraction of sp³-hybridized carbons (Fsp3) is 0.231. The Morgan fingerprint density at radius 2 is 2.00 bits per heavy atom. The Kier molecular flexibility index (Phi) is 3.78. The molecule has 0 unspecified atom stereocenters. The second-order valence-electron chi connectivity index (χ2n) is 4.21. The number of aryl methyl sites for hydroxylation is 1. The maximum absolute atomic E-state index is 12.8. The molecule has 1 aromatic carbocycles. The molecule has 0 fully saturated rings. The number of alkyl halides is 3. The minimum atomic E-state index is -4.44. The molecule has 0 radical (unpaired) electrons. The highest BCUT2D eigenvalue weighted by molar-refractivity contribution is 5.92. The van der Waals surface area contributed by atoms with Gasteiger partial charge < -0.3 is 5.32 Å². The minimum absolute atomic E-state index is 0.0179. The summed E-state index contributed by atoms with van der Waals surface area (Å²) in [5, 5.41) is 6.30. The van der Waals surface area contributed by atoms with E-state index in [1.807, 2.05) is 0 Å². The predicted octanol–water partition coefficient (Wildman–Crippen LogP) is 2.37. The zero-order valence-electron chi connectivity index (χ0n) is 10.6. The Balaban J connectivity index is 2.10. The summed E-state index contributed by atoms with van der Waals surface area (Å²) in [5.74, 6) is -0.512. The van der Waals surface area contributed by atoms with Crippen LogP contribution >= 0.6 is 0 Å². The summed E-state index contributed by atoms with van der Waals surface area (Å²) in [6.07, 6.45) is -2.86. The molecule has 0 bridgehead atoms. The van der Waals surface area contributed by atoms with Crippen LogP contribution in [0.2, 0.25) is 0 Å². The zero-order chi connectivity index (χ0) is 14.8. The molecule has 1 amide bonds. The molecular weight excluding hydrogens is 271 g/mol. The number of hydrogen-bond donors (Lipinski definition) is 1. The molecule has 1 N–H and O–H groups in total. The molecule has 1 aromatic heterocycles. The largest absolute Gasteiger partial charge is 0.416 e. The van der Waals surface area contributed by atoms with Gasteiger partial charge in [0.25, 0.3) is 5.91 Å². The van der Waals surface area contributed by atoms with Gasteiger partial charge in [0, 0.05) is 19.8 Å². The summed E-state index contributed by atoms with van der Waals surface area (Å²) in [7, 11) is 1.65. The summed E-state index contributed by atoms with van der Waals surface area (Å²) in [4.78, 5) is 11.7. The van der Waals surface area contributed by atoms with Crippen LogP contribution in [0, 0.1) is 0 Å². The minimum Gasteiger partial charge on any atom is -0.347 e. The number of amides is 1. The lowest BCUT2D eigenvalue weighted by molar-refractivity contribution is -0.138. The van der Waals surface area contributed by atoms with E-state index in [1.54, 1.807) is 13.2 Å². The van der Waals surface area contributed by atoms with Gasteiger partial charge in [-0.3, -0.25) is 9.48 Å². The highest BCUT2D eigenvalue weighted by Gasteiger charge is 2.32. The summed E-state index contributed by atoms with van der Waals surface area (Å²) in [6.45, 7) is -0.203. The van der Waals surface area contributed by atoms with Crippen molar-refractivity contribution in [1.29, 1.82) is 0 Å². The van der Waals surface area contributed by atoms with Crippen LogP contribution in [0.25, 0.3) is 0 Å². The number of nitrogens with zero attached hydrogens (tertiary/aromatic N) is 2. The van der Waals surface area contributed by atoms with Crippen molar-refractivity contribution in [2.45, 2.75) is 12.7 Å². The number of aromatic nitrogens is 2. The van der Waals surface area contributed by atoms with Gasteiger partial charge in [-0.1, -0.05) is 18.2 Å². The van der Waals surface area contributed by atoms with E-state index in [0.29, 0.717) is 0 Å². The van der Waals surface area contributed by atoms with Crippen molar-refractivity contribution in [3.05, 3.63) is 53.3 Å².